The molecule has 0 aromatic heterocycles. The molecule has 0 spiro atoms. The summed E-state index contributed by atoms with van der Waals surface area (Å²) in [6.07, 6.45) is 2.01. The van der Waals surface area contributed by atoms with Gasteiger partial charge in [-0.05, 0) is 94.5 Å². The summed E-state index contributed by atoms with van der Waals surface area (Å²) in [7, 11) is -0.615. The average Bonchev–Trinajstić information content (AvgIpc) is 2.60. The minimum Gasteiger partial charge on any atom is -0.508 e. The summed E-state index contributed by atoms with van der Waals surface area (Å²) in [5.74, 6) is 0.891. The normalized spacial score (nSPS) is 21.8. The molecule has 1 N–H and O–H groups in total. The second-order valence-corrected chi connectivity index (χ2v) is 12.2. The van der Waals surface area contributed by atoms with Gasteiger partial charge >= 0.3 is 0 Å². The smallest absolute Gasteiger partial charge is 0.119 e. The van der Waals surface area contributed by atoms with Gasteiger partial charge in [-0.1, -0.05) is 0 Å². The van der Waals surface area contributed by atoms with Crippen molar-refractivity contribution in [2.24, 2.45) is 0 Å². The molecule has 0 bridgehead atoms. The van der Waals surface area contributed by atoms with Crippen molar-refractivity contribution in [1.82, 2.24) is 4.90 Å². The third-order valence-electron chi connectivity index (χ3n) is 5.85. The van der Waals surface area contributed by atoms with E-state index in [0.29, 0.717) is 9.79 Å². The van der Waals surface area contributed by atoms with Crippen molar-refractivity contribution in [3.63, 3.8) is 0 Å². The van der Waals surface area contributed by atoms with Crippen LogP contribution in [-0.2, 0) is 19.7 Å². The Labute approximate surface area is 173 Å². The van der Waals surface area contributed by atoms with Gasteiger partial charge < -0.3 is 9.84 Å². The highest BCUT2D eigenvalue weighted by atomic mass is 32.8. The zero-order chi connectivity index (χ0) is 20.7. The summed E-state index contributed by atoms with van der Waals surface area (Å²) in [6, 6.07) is 13.5. The fraction of sp³-hybridized carbons (Fsp3) is 0.455. The quantitative estimate of drug-likeness (QED) is 0.786. The van der Waals surface area contributed by atoms with E-state index in [2.05, 4.69) is 39.6 Å². The number of piperidine rings is 1. The van der Waals surface area contributed by atoms with Gasteiger partial charge in [-0.3, -0.25) is 4.90 Å². The number of hydrogen-bond acceptors (Lipinski definition) is 5. The lowest BCUT2D eigenvalue weighted by Gasteiger charge is -2.53. The summed E-state index contributed by atoms with van der Waals surface area (Å²) in [6.45, 7) is 8.99. The third kappa shape index (κ3) is 4.19. The first-order valence-electron chi connectivity index (χ1n) is 9.47. The van der Waals surface area contributed by atoms with E-state index in [1.807, 2.05) is 12.1 Å². The van der Waals surface area contributed by atoms with Crippen LogP contribution < -0.4 is 4.74 Å². The van der Waals surface area contributed by atoms with Crippen molar-refractivity contribution < 1.29 is 14.1 Å². The molecule has 1 aliphatic rings. The van der Waals surface area contributed by atoms with Gasteiger partial charge in [0, 0.05) is 33.7 Å². The number of phenols is 1. The first-order valence-corrected chi connectivity index (χ1v) is 11.9. The third-order valence-corrected chi connectivity index (χ3v) is 8.79. The molecule has 0 aliphatic carbocycles. The van der Waals surface area contributed by atoms with E-state index in [1.165, 1.54) is 12.1 Å². The number of ether oxygens (including phenoxy) is 1. The zero-order valence-corrected chi connectivity index (χ0v) is 18.8. The van der Waals surface area contributed by atoms with Crippen LogP contribution in [0.5, 0.6) is 11.5 Å². The van der Waals surface area contributed by atoms with Crippen molar-refractivity contribution in [2.45, 2.75) is 67.5 Å². The fourth-order valence-corrected chi connectivity index (χ4v) is 5.94. The Balaban J connectivity index is 1.77. The van der Waals surface area contributed by atoms with Crippen LogP contribution in [-0.4, -0.2) is 38.4 Å². The standard InChI is InChI=1S/C22H29NO3S2/c1-21(2)14-18(15-22(3,4)23(21)5)26-17-8-12-20(13-9-17)28(25,27)19-10-6-16(24)7-11-19/h6-13,18,24H,14-15H2,1-5H3. The summed E-state index contributed by atoms with van der Waals surface area (Å²) < 4.78 is 19.4. The summed E-state index contributed by atoms with van der Waals surface area (Å²) >= 11 is 5.40. The molecule has 1 aliphatic heterocycles. The van der Waals surface area contributed by atoms with Crippen molar-refractivity contribution in [3.8, 4) is 11.5 Å². The van der Waals surface area contributed by atoms with Crippen LogP contribution in [0.25, 0.3) is 0 Å². The number of aromatic hydroxyl groups is 1. The van der Waals surface area contributed by atoms with Crippen LogP contribution in [0.4, 0.5) is 0 Å². The summed E-state index contributed by atoms with van der Waals surface area (Å²) in [5, 5.41) is 9.43. The molecular weight excluding hydrogens is 390 g/mol. The molecule has 1 saturated heterocycles. The van der Waals surface area contributed by atoms with Crippen molar-refractivity contribution in [1.29, 1.82) is 0 Å². The second kappa shape index (κ2) is 7.32. The number of rotatable bonds is 4. The molecular formula is C22H29NO3S2. The molecule has 28 heavy (non-hydrogen) atoms. The minimum absolute atomic E-state index is 0.0557. The highest BCUT2D eigenvalue weighted by Gasteiger charge is 2.43. The van der Waals surface area contributed by atoms with E-state index in [1.54, 1.807) is 24.3 Å². The Morgan fingerprint density at radius 2 is 1.39 bits per heavy atom. The van der Waals surface area contributed by atoms with Crippen LogP contribution in [0, 0.1) is 0 Å². The molecule has 152 valence electrons. The van der Waals surface area contributed by atoms with Crippen LogP contribution in [0.2, 0.25) is 0 Å². The largest absolute Gasteiger partial charge is 0.508 e. The van der Waals surface area contributed by atoms with E-state index in [9.17, 15) is 9.32 Å². The van der Waals surface area contributed by atoms with Gasteiger partial charge in [0.15, 0.2) is 0 Å². The lowest BCUT2D eigenvalue weighted by molar-refractivity contribution is -0.0556. The monoisotopic (exact) mass is 419 g/mol. The molecule has 0 radical (unpaired) electrons. The lowest BCUT2D eigenvalue weighted by atomic mass is 9.79. The van der Waals surface area contributed by atoms with E-state index < -0.39 is 8.49 Å². The van der Waals surface area contributed by atoms with E-state index in [0.717, 1.165) is 18.6 Å². The maximum absolute atomic E-state index is 13.1. The maximum atomic E-state index is 13.1. The molecule has 1 unspecified atom stereocenters. The predicted molar refractivity (Wildman–Crippen MR) is 116 cm³/mol. The van der Waals surface area contributed by atoms with Gasteiger partial charge in [-0.15, -0.1) is 0 Å². The molecule has 1 fully saturated rings. The van der Waals surface area contributed by atoms with Crippen LogP contribution in [0.15, 0.2) is 58.3 Å². The number of benzene rings is 2. The Kier molecular flexibility index (Phi) is 5.51. The topological polar surface area (TPSA) is 49.8 Å². The van der Waals surface area contributed by atoms with Crippen LogP contribution in [0.3, 0.4) is 0 Å². The fourth-order valence-electron chi connectivity index (χ4n) is 4.01. The zero-order valence-electron chi connectivity index (χ0n) is 17.1. The van der Waals surface area contributed by atoms with E-state index >= 15 is 0 Å². The Hall–Kier alpha value is -1.63. The molecule has 1 heterocycles. The molecule has 1 atom stereocenters. The van der Waals surface area contributed by atoms with Gasteiger partial charge in [0.2, 0.25) is 0 Å². The van der Waals surface area contributed by atoms with Crippen LogP contribution >= 0.6 is 0 Å². The molecule has 3 rings (SSSR count). The predicted octanol–water partition coefficient (Wildman–Crippen LogP) is 4.59. The van der Waals surface area contributed by atoms with Crippen LogP contribution in [0.1, 0.15) is 40.5 Å². The highest BCUT2D eigenvalue weighted by Crippen LogP contribution is 2.38. The molecule has 0 amide bonds. The number of likely N-dealkylation sites (tertiary alicyclic amines) is 1. The SMILES string of the molecule is CN1C(C)(C)CC(Oc2ccc(S(=O)(=S)c3ccc(O)cc3)cc2)CC1(C)C. The Morgan fingerprint density at radius 3 is 1.86 bits per heavy atom. The van der Waals surface area contributed by atoms with E-state index in [-0.39, 0.29) is 22.9 Å². The minimum atomic E-state index is -2.79. The first-order chi connectivity index (χ1) is 12.9. The lowest BCUT2D eigenvalue weighted by Crippen LogP contribution is -2.60. The van der Waals surface area contributed by atoms with Crippen molar-refractivity contribution >= 4 is 19.7 Å². The number of nitrogens with zero attached hydrogens (tertiary/aromatic N) is 1. The van der Waals surface area contributed by atoms with E-state index in [4.69, 9.17) is 15.9 Å². The Morgan fingerprint density at radius 1 is 0.964 bits per heavy atom. The van der Waals surface area contributed by atoms with Gasteiger partial charge in [0.1, 0.15) is 17.6 Å². The number of phenolic OH excluding ortho intramolecular Hbond substituents is 1. The first kappa shape index (κ1) is 21.1. The summed E-state index contributed by atoms with van der Waals surface area (Å²) in [4.78, 5) is 3.52. The molecule has 2 aromatic carbocycles. The molecule has 2 aromatic rings. The molecule has 0 saturated carbocycles. The van der Waals surface area contributed by atoms with Crippen molar-refractivity contribution in [2.75, 3.05) is 7.05 Å². The molecule has 4 nitrogen and oxygen atoms in total. The highest BCUT2D eigenvalue weighted by molar-refractivity contribution is 8.33. The maximum Gasteiger partial charge on any atom is 0.119 e. The van der Waals surface area contributed by atoms with Gasteiger partial charge in [-0.2, -0.15) is 0 Å². The van der Waals surface area contributed by atoms with Gasteiger partial charge in [0.05, 0.1) is 8.49 Å². The molecule has 6 heteroatoms. The Bertz CT molecular complexity index is 915. The van der Waals surface area contributed by atoms with Gasteiger partial charge in [0.25, 0.3) is 0 Å². The average molecular weight is 420 g/mol. The summed E-state index contributed by atoms with van der Waals surface area (Å²) in [5.41, 5.74) is 0.111. The van der Waals surface area contributed by atoms with Crippen molar-refractivity contribution in [3.05, 3.63) is 48.5 Å². The second-order valence-electron chi connectivity index (χ2n) is 8.80. The van der Waals surface area contributed by atoms with Gasteiger partial charge in [-0.25, -0.2) is 4.21 Å². The number of hydrogen-bond donors (Lipinski definition) is 1.